The first-order valence-electron chi connectivity index (χ1n) is 6.73. The molecular weight excluding hydrogens is 348 g/mol. The van der Waals surface area contributed by atoms with Gasteiger partial charge in [0.05, 0.1) is 6.54 Å². The van der Waals surface area contributed by atoms with E-state index in [-0.39, 0.29) is 5.91 Å². The Morgan fingerprint density at radius 2 is 2.05 bits per heavy atom. The summed E-state index contributed by atoms with van der Waals surface area (Å²) in [6.45, 7) is 5.27. The van der Waals surface area contributed by atoms with Crippen LogP contribution >= 0.6 is 27.3 Å². The normalized spacial score (nSPS) is 10.9. The third-order valence-corrected chi connectivity index (χ3v) is 4.76. The molecule has 0 atom stereocenters. The lowest BCUT2D eigenvalue weighted by Crippen LogP contribution is -2.29. The van der Waals surface area contributed by atoms with Crippen molar-refractivity contribution in [1.29, 1.82) is 0 Å². The third kappa shape index (κ3) is 4.66. The van der Waals surface area contributed by atoms with Crippen LogP contribution in [0.2, 0.25) is 0 Å². The minimum absolute atomic E-state index is 0.0112. The summed E-state index contributed by atoms with van der Waals surface area (Å²) in [6, 6.07) is 7.95. The third-order valence-electron chi connectivity index (χ3n) is 3.26. The quantitative estimate of drug-likeness (QED) is 0.859. The molecule has 0 aliphatic carbocycles. The van der Waals surface area contributed by atoms with Crippen molar-refractivity contribution < 1.29 is 4.79 Å². The summed E-state index contributed by atoms with van der Waals surface area (Å²) in [5, 5.41) is 5.05. The summed E-state index contributed by atoms with van der Waals surface area (Å²) in [5.41, 5.74) is 3.20. The molecule has 0 saturated carbocycles. The number of likely N-dealkylation sites (N-methyl/N-ethyl adjacent to an activating group) is 1. The molecule has 1 aromatic carbocycles. The minimum atomic E-state index is 0.0112. The Balaban J connectivity index is 1.90. The number of benzene rings is 1. The van der Waals surface area contributed by atoms with Crippen LogP contribution in [0.25, 0.3) is 0 Å². The Hall–Kier alpha value is -1.17. The fourth-order valence-electron chi connectivity index (χ4n) is 2.07. The number of anilines is 1. The Morgan fingerprint density at radius 3 is 2.67 bits per heavy atom. The summed E-state index contributed by atoms with van der Waals surface area (Å²) in [6.07, 6.45) is 0. The van der Waals surface area contributed by atoms with Crippen LogP contribution < -0.4 is 5.32 Å². The van der Waals surface area contributed by atoms with Crippen molar-refractivity contribution in [3.8, 4) is 0 Å². The highest BCUT2D eigenvalue weighted by Crippen LogP contribution is 2.20. The minimum Gasteiger partial charge on any atom is -0.325 e. The highest BCUT2D eigenvalue weighted by molar-refractivity contribution is 9.10. The molecule has 1 N–H and O–H groups in total. The second kappa shape index (κ2) is 7.20. The smallest absolute Gasteiger partial charge is 0.238 e. The molecule has 0 radical (unpaired) electrons. The van der Waals surface area contributed by atoms with Crippen molar-refractivity contribution in [3.63, 3.8) is 0 Å². The molecule has 21 heavy (non-hydrogen) atoms. The number of halogens is 1. The first kappa shape index (κ1) is 16.2. The highest BCUT2D eigenvalue weighted by Gasteiger charge is 2.10. The Kier molecular flexibility index (Phi) is 5.56. The maximum atomic E-state index is 12.1. The molecule has 112 valence electrons. The monoisotopic (exact) mass is 366 g/mol. The van der Waals surface area contributed by atoms with Crippen LogP contribution in [-0.2, 0) is 11.3 Å². The number of amides is 1. The van der Waals surface area contributed by atoms with Gasteiger partial charge < -0.3 is 5.32 Å². The SMILES string of the molecule is Cc1cc(Br)ccc1NC(=O)CN(C)Cc1sccc1C. The summed E-state index contributed by atoms with van der Waals surface area (Å²) >= 11 is 5.16. The van der Waals surface area contributed by atoms with Crippen LogP contribution in [0.15, 0.2) is 34.1 Å². The van der Waals surface area contributed by atoms with Gasteiger partial charge in [-0.2, -0.15) is 0 Å². The molecule has 1 heterocycles. The molecule has 2 aromatic rings. The van der Waals surface area contributed by atoms with Crippen molar-refractivity contribution >= 4 is 38.9 Å². The van der Waals surface area contributed by atoms with Crippen molar-refractivity contribution in [2.24, 2.45) is 0 Å². The van der Waals surface area contributed by atoms with Gasteiger partial charge in [-0.05, 0) is 61.7 Å². The van der Waals surface area contributed by atoms with E-state index < -0.39 is 0 Å². The van der Waals surface area contributed by atoms with Gasteiger partial charge in [0.1, 0.15) is 0 Å². The van der Waals surface area contributed by atoms with Gasteiger partial charge in [-0.3, -0.25) is 9.69 Å². The molecule has 0 aliphatic rings. The maximum absolute atomic E-state index is 12.1. The second-order valence-electron chi connectivity index (χ2n) is 5.21. The van der Waals surface area contributed by atoms with Gasteiger partial charge >= 0.3 is 0 Å². The van der Waals surface area contributed by atoms with Crippen molar-refractivity contribution in [2.45, 2.75) is 20.4 Å². The van der Waals surface area contributed by atoms with Gasteiger partial charge in [0.25, 0.3) is 0 Å². The van der Waals surface area contributed by atoms with Crippen LogP contribution in [0.3, 0.4) is 0 Å². The van der Waals surface area contributed by atoms with Gasteiger partial charge in [0, 0.05) is 21.6 Å². The predicted octanol–water partition coefficient (Wildman–Crippen LogP) is 4.20. The average molecular weight is 367 g/mol. The zero-order valence-corrected chi connectivity index (χ0v) is 14.8. The van der Waals surface area contributed by atoms with Gasteiger partial charge in [-0.1, -0.05) is 15.9 Å². The number of nitrogens with zero attached hydrogens (tertiary/aromatic N) is 1. The van der Waals surface area contributed by atoms with Gasteiger partial charge in [0.2, 0.25) is 5.91 Å². The lowest BCUT2D eigenvalue weighted by atomic mass is 10.2. The fraction of sp³-hybridized carbons (Fsp3) is 0.312. The van der Waals surface area contributed by atoms with Gasteiger partial charge in [-0.25, -0.2) is 0 Å². The van der Waals surface area contributed by atoms with Crippen LogP contribution in [0.5, 0.6) is 0 Å². The molecule has 0 bridgehead atoms. The molecule has 0 aliphatic heterocycles. The summed E-state index contributed by atoms with van der Waals surface area (Å²) in [4.78, 5) is 15.5. The predicted molar refractivity (Wildman–Crippen MR) is 92.9 cm³/mol. The zero-order valence-electron chi connectivity index (χ0n) is 12.4. The number of hydrogen-bond acceptors (Lipinski definition) is 3. The summed E-state index contributed by atoms with van der Waals surface area (Å²) < 4.78 is 1.02. The van der Waals surface area contributed by atoms with Crippen molar-refractivity contribution in [2.75, 3.05) is 18.9 Å². The van der Waals surface area contributed by atoms with E-state index in [1.165, 1.54) is 10.4 Å². The standard InChI is InChI=1S/C16H19BrN2OS/c1-11-6-7-21-15(11)9-19(3)10-16(20)18-14-5-4-13(17)8-12(14)2/h4-8H,9-10H2,1-3H3,(H,18,20). The number of aryl methyl sites for hydroxylation is 2. The van der Waals surface area contributed by atoms with E-state index in [4.69, 9.17) is 0 Å². The molecule has 0 unspecified atom stereocenters. The van der Waals surface area contributed by atoms with E-state index in [2.05, 4.69) is 39.6 Å². The average Bonchev–Trinajstić information content (AvgIpc) is 2.78. The molecule has 2 rings (SSSR count). The number of thiophene rings is 1. The van der Waals surface area contributed by atoms with Crippen LogP contribution in [0.1, 0.15) is 16.0 Å². The molecular formula is C16H19BrN2OS. The number of rotatable bonds is 5. The molecule has 0 spiro atoms. The van der Waals surface area contributed by atoms with Crippen LogP contribution in [-0.4, -0.2) is 24.4 Å². The van der Waals surface area contributed by atoms with Crippen LogP contribution in [0, 0.1) is 13.8 Å². The van der Waals surface area contributed by atoms with Gasteiger partial charge in [0.15, 0.2) is 0 Å². The molecule has 1 aromatic heterocycles. The molecule has 5 heteroatoms. The lowest BCUT2D eigenvalue weighted by Gasteiger charge is -2.16. The van der Waals surface area contributed by atoms with E-state index >= 15 is 0 Å². The van der Waals surface area contributed by atoms with E-state index in [9.17, 15) is 4.79 Å². The Labute approximate surface area is 138 Å². The molecule has 1 amide bonds. The summed E-state index contributed by atoms with van der Waals surface area (Å²) in [5.74, 6) is 0.0112. The van der Waals surface area contributed by atoms with E-state index in [0.717, 1.165) is 22.3 Å². The van der Waals surface area contributed by atoms with Gasteiger partial charge in [-0.15, -0.1) is 11.3 Å². The number of carbonyl (C=O) groups excluding carboxylic acids is 1. The van der Waals surface area contributed by atoms with E-state index in [0.29, 0.717) is 6.54 Å². The number of hydrogen-bond donors (Lipinski definition) is 1. The largest absolute Gasteiger partial charge is 0.325 e. The number of carbonyl (C=O) groups is 1. The number of nitrogens with one attached hydrogen (secondary N) is 1. The van der Waals surface area contributed by atoms with Crippen LogP contribution in [0.4, 0.5) is 5.69 Å². The first-order valence-corrected chi connectivity index (χ1v) is 8.40. The topological polar surface area (TPSA) is 32.3 Å². The highest BCUT2D eigenvalue weighted by atomic mass is 79.9. The second-order valence-corrected chi connectivity index (χ2v) is 7.12. The Bertz CT molecular complexity index is 639. The molecule has 3 nitrogen and oxygen atoms in total. The molecule has 0 fully saturated rings. The maximum Gasteiger partial charge on any atom is 0.238 e. The summed E-state index contributed by atoms with van der Waals surface area (Å²) in [7, 11) is 1.97. The van der Waals surface area contributed by atoms with E-state index in [1.807, 2.05) is 37.1 Å². The lowest BCUT2D eigenvalue weighted by molar-refractivity contribution is -0.117. The van der Waals surface area contributed by atoms with Crippen molar-refractivity contribution in [1.82, 2.24) is 4.90 Å². The zero-order chi connectivity index (χ0) is 15.4. The fourth-order valence-corrected chi connectivity index (χ4v) is 3.53. The first-order chi connectivity index (χ1) is 9.95. The van der Waals surface area contributed by atoms with E-state index in [1.54, 1.807) is 11.3 Å². The van der Waals surface area contributed by atoms with Crippen molar-refractivity contribution in [3.05, 3.63) is 50.1 Å². The molecule has 0 saturated heterocycles. The Morgan fingerprint density at radius 1 is 1.29 bits per heavy atom.